The van der Waals surface area contributed by atoms with Crippen molar-refractivity contribution < 1.29 is 28.6 Å². The predicted molar refractivity (Wildman–Crippen MR) is 344 cm³/mol. The monoisotopic (exact) mass is 1110 g/mol. The van der Waals surface area contributed by atoms with Crippen molar-refractivity contribution in [1.29, 1.82) is 0 Å². The van der Waals surface area contributed by atoms with Gasteiger partial charge in [-0.25, -0.2) is 0 Å². The van der Waals surface area contributed by atoms with Crippen molar-refractivity contribution in [2.75, 3.05) is 13.2 Å². The van der Waals surface area contributed by atoms with E-state index in [9.17, 15) is 14.4 Å². The summed E-state index contributed by atoms with van der Waals surface area (Å²) >= 11 is 0. The maximum absolute atomic E-state index is 13.0. The van der Waals surface area contributed by atoms with Crippen LogP contribution in [0.25, 0.3) is 0 Å². The van der Waals surface area contributed by atoms with E-state index >= 15 is 0 Å². The number of unbranched alkanes of at least 4 members (excludes halogenated alkanes) is 55. The molecule has 0 aliphatic rings. The summed E-state index contributed by atoms with van der Waals surface area (Å²) in [5.41, 5.74) is 0. The number of rotatable bonds is 68. The number of allylic oxidation sites excluding steroid dienone is 2. The highest BCUT2D eigenvalue weighted by Gasteiger charge is 2.20. The van der Waals surface area contributed by atoms with Crippen molar-refractivity contribution in [3.05, 3.63) is 12.2 Å². The summed E-state index contributed by atoms with van der Waals surface area (Å²) < 4.78 is 17.0. The lowest BCUT2D eigenvalue weighted by Crippen LogP contribution is -2.30. The Morgan fingerprint density at radius 2 is 0.418 bits per heavy atom. The topological polar surface area (TPSA) is 78.9 Å². The minimum absolute atomic E-state index is 0.0625. The van der Waals surface area contributed by atoms with Crippen molar-refractivity contribution >= 4 is 17.9 Å². The smallest absolute Gasteiger partial charge is 0.306 e. The van der Waals surface area contributed by atoms with Gasteiger partial charge in [-0.05, 0) is 44.9 Å². The van der Waals surface area contributed by atoms with E-state index in [4.69, 9.17) is 14.2 Å². The molecule has 0 N–H and O–H groups in total. The van der Waals surface area contributed by atoms with Crippen molar-refractivity contribution in [3.8, 4) is 0 Å². The summed E-state index contributed by atoms with van der Waals surface area (Å²) in [5, 5.41) is 0. The molecule has 0 unspecified atom stereocenters. The molecule has 0 saturated heterocycles. The van der Waals surface area contributed by atoms with Gasteiger partial charge in [0.05, 0.1) is 0 Å². The Bertz CT molecular complexity index is 1230. The summed E-state index contributed by atoms with van der Waals surface area (Å²) in [6.45, 7) is 6.74. The Balaban J connectivity index is 4.28. The molecular formula is C73H140O6. The highest BCUT2D eigenvalue weighted by molar-refractivity contribution is 5.71. The summed E-state index contributed by atoms with van der Waals surface area (Å²) in [6.07, 6.45) is 82.4. The summed E-state index contributed by atoms with van der Waals surface area (Å²) in [5.74, 6) is -0.824. The fraction of sp³-hybridized carbons (Fsp3) is 0.932. The van der Waals surface area contributed by atoms with Crippen LogP contribution in [0, 0.1) is 0 Å². The van der Waals surface area contributed by atoms with E-state index < -0.39 is 6.10 Å². The molecule has 79 heavy (non-hydrogen) atoms. The van der Waals surface area contributed by atoms with Gasteiger partial charge in [-0.2, -0.15) is 0 Å². The average Bonchev–Trinajstić information content (AvgIpc) is 3.45. The van der Waals surface area contributed by atoms with Gasteiger partial charge in [0.2, 0.25) is 0 Å². The highest BCUT2D eigenvalue weighted by atomic mass is 16.6. The Morgan fingerprint density at radius 1 is 0.241 bits per heavy atom. The zero-order chi connectivity index (χ0) is 57.1. The number of hydrogen-bond donors (Lipinski definition) is 0. The first kappa shape index (κ1) is 77.2. The lowest BCUT2D eigenvalue weighted by molar-refractivity contribution is -0.167. The first-order valence-electron chi connectivity index (χ1n) is 36.2. The maximum atomic E-state index is 13.0. The van der Waals surface area contributed by atoms with E-state index in [1.807, 2.05) is 0 Å². The van der Waals surface area contributed by atoms with Gasteiger partial charge < -0.3 is 14.2 Å². The van der Waals surface area contributed by atoms with Gasteiger partial charge >= 0.3 is 17.9 Å². The Kier molecular flexibility index (Phi) is 67.0. The van der Waals surface area contributed by atoms with Crippen LogP contribution >= 0.6 is 0 Å². The van der Waals surface area contributed by atoms with E-state index in [1.54, 1.807) is 0 Å². The van der Waals surface area contributed by atoms with Crippen LogP contribution in [0.4, 0.5) is 0 Å². The largest absolute Gasteiger partial charge is 0.462 e. The second kappa shape index (κ2) is 68.6. The molecule has 0 spiro atoms. The van der Waals surface area contributed by atoms with Crippen LogP contribution in [0.1, 0.15) is 419 Å². The Labute approximate surface area is 494 Å². The molecule has 6 heteroatoms. The van der Waals surface area contributed by atoms with Gasteiger partial charge in [-0.15, -0.1) is 0 Å². The molecule has 6 nitrogen and oxygen atoms in total. The van der Waals surface area contributed by atoms with E-state index in [0.717, 1.165) is 57.8 Å². The molecule has 0 aliphatic heterocycles. The molecule has 0 saturated carbocycles. The molecule has 0 amide bonds. The van der Waals surface area contributed by atoms with Crippen LogP contribution in [0.5, 0.6) is 0 Å². The Morgan fingerprint density at radius 3 is 0.633 bits per heavy atom. The third kappa shape index (κ3) is 66.8. The van der Waals surface area contributed by atoms with Gasteiger partial charge in [-0.3, -0.25) is 14.4 Å². The number of carbonyl (C=O) groups excluding carboxylic acids is 3. The SMILES string of the molecule is CCCCCCCC/C=C\CCCCCCCCCCCCCC(=O)OC[C@H](COC(=O)CCCCCCCCCCCCCCCCCCCCC)OC(=O)CCCCCCCCCCCCCCCCCCCCCCC. The van der Waals surface area contributed by atoms with Crippen LogP contribution < -0.4 is 0 Å². The molecule has 0 rings (SSSR count). The fourth-order valence-corrected chi connectivity index (χ4v) is 11.3. The van der Waals surface area contributed by atoms with Crippen LogP contribution in [-0.4, -0.2) is 37.2 Å². The molecule has 0 radical (unpaired) electrons. The summed E-state index contributed by atoms with van der Waals surface area (Å²) in [6, 6.07) is 0. The highest BCUT2D eigenvalue weighted by Crippen LogP contribution is 2.19. The maximum Gasteiger partial charge on any atom is 0.306 e. The average molecular weight is 1110 g/mol. The third-order valence-corrected chi connectivity index (χ3v) is 16.8. The van der Waals surface area contributed by atoms with Crippen molar-refractivity contribution in [2.45, 2.75) is 425 Å². The summed E-state index contributed by atoms with van der Waals surface area (Å²) in [7, 11) is 0. The minimum Gasteiger partial charge on any atom is -0.462 e. The van der Waals surface area contributed by atoms with E-state index in [2.05, 4.69) is 32.9 Å². The Hall–Kier alpha value is -1.85. The van der Waals surface area contributed by atoms with Gasteiger partial charge in [0.15, 0.2) is 6.10 Å². The minimum atomic E-state index is -0.767. The number of carbonyl (C=O) groups is 3. The van der Waals surface area contributed by atoms with Crippen molar-refractivity contribution in [2.24, 2.45) is 0 Å². The molecule has 0 fully saturated rings. The lowest BCUT2D eigenvalue weighted by Gasteiger charge is -2.18. The number of esters is 3. The molecule has 0 heterocycles. The van der Waals surface area contributed by atoms with Crippen molar-refractivity contribution in [3.63, 3.8) is 0 Å². The molecule has 0 aromatic rings. The number of ether oxygens (including phenoxy) is 3. The zero-order valence-electron chi connectivity index (χ0n) is 53.9. The van der Waals surface area contributed by atoms with Crippen LogP contribution in [0.2, 0.25) is 0 Å². The second-order valence-electron chi connectivity index (χ2n) is 24.9. The summed E-state index contributed by atoms with van der Waals surface area (Å²) in [4.78, 5) is 38.5. The number of hydrogen-bond acceptors (Lipinski definition) is 6. The van der Waals surface area contributed by atoms with Gasteiger partial charge in [0.1, 0.15) is 13.2 Å². The molecule has 0 aromatic heterocycles. The first-order valence-corrected chi connectivity index (χ1v) is 36.2. The second-order valence-corrected chi connectivity index (χ2v) is 24.9. The van der Waals surface area contributed by atoms with Gasteiger partial charge in [0, 0.05) is 19.3 Å². The van der Waals surface area contributed by atoms with Crippen LogP contribution in [-0.2, 0) is 28.6 Å². The normalized spacial score (nSPS) is 12.0. The van der Waals surface area contributed by atoms with E-state index in [-0.39, 0.29) is 31.1 Å². The fourth-order valence-electron chi connectivity index (χ4n) is 11.3. The quantitative estimate of drug-likeness (QED) is 0.0261. The van der Waals surface area contributed by atoms with E-state index in [0.29, 0.717) is 19.3 Å². The molecule has 468 valence electrons. The first-order chi connectivity index (χ1) is 39.0. The molecular weight excluding hydrogens is 973 g/mol. The third-order valence-electron chi connectivity index (χ3n) is 16.8. The zero-order valence-corrected chi connectivity index (χ0v) is 53.9. The molecule has 0 aliphatic carbocycles. The van der Waals surface area contributed by atoms with Crippen LogP contribution in [0.15, 0.2) is 12.2 Å². The van der Waals surface area contributed by atoms with Crippen LogP contribution in [0.3, 0.4) is 0 Å². The standard InChI is InChI=1S/C73H140O6/c1-4-7-10-13-16-19-22-25-28-31-34-36-39-42-45-48-51-54-57-60-63-66-72(75)78-69-70(68-77-71(74)65-62-59-56-53-50-47-44-41-38-33-30-27-24-21-18-15-12-9-6-3)79-73(76)67-64-61-58-55-52-49-46-43-40-37-35-32-29-26-23-20-17-14-11-8-5-2/h25,28,70H,4-24,26-27,29-69H2,1-3H3/b28-25-/t70-/m0/s1. The predicted octanol–water partition coefficient (Wildman–Crippen LogP) is 24.8. The molecule has 1 atom stereocenters. The van der Waals surface area contributed by atoms with Gasteiger partial charge in [-0.1, -0.05) is 367 Å². The molecule has 0 bridgehead atoms. The van der Waals surface area contributed by atoms with E-state index in [1.165, 1.54) is 321 Å². The lowest BCUT2D eigenvalue weighted by atomic mass is 10.0. The molecule has 0 aromatic carbocycles. The van der Waals surface area contributed by atoms with Gasteiger partial charge in [0.25, 0.3) is 0 Å². The van der Waals surface area contributed by atoms with Crippen molar-refractivity contribution in [1.82, 2.24) is 0 Å².